The lowest BCUT2D eigenvalue weighted by atomic mass is 10.1. The molecule has 1 aliphatic rings. The maximum absolute atomic E-state index is 11.8. The molecule has 0 spiro atoms. The fourth-order valence-electron chi connectivity index (χ4n) is 4.01. The van der Waals surface area contributed by atoms with Crippen LogP contribution in [0.3, 0.4) is 0 Å². The second-order valence-corrected chi connectivity index (χ2v) is 8.76. The number of thioether (sulfide) groups is 1. The summed E-state index contributed by atoms with van der Waals surface area (Å²) in [7, 11) is 0. The van der Waals surface area contributed by atoms with Gasteiger partial charge in [-0.3, -0.25) is 4.79 Å². The molecule has 0 radical (unpaired) electrons. The lowest BCUT2D eigenvalue weighted by molar-refractivity contribution is -0.672. The fraction of sp³-hybridized carbons (Fsp3) is 0.259. The van der Waals surface area contributed by atoms with Crippen molar-refractivity contribution in [3.63, 3.8) is 0 Å². The topological polar surface area (TPSA) is 53.7 Å². The Morgan fingerprint density at radius 1 is 1.15 bits per heavy atom. The van der Waals surface area contributed by atoms with E-state index in [9.17, 15) is 9.90 Å². The molecule has 1 N–H and O–H groups in total. The zero-order valence-corrected chi connectivity index (χ0v) is 19.6. The number of esters is 1. The minimum Gasteiger partial charge on any atom is -0.466 e. The van der Waals surface area contributed by atoms with Gasteiger partial charge in [0, 0.05) is 30.0 Å². The first-order valence-corrected chi connectivity index (χ1v) is 12.1. The Morgan fingerprint density at radius 2 is 1.97 bits per heavy atom. The molecule has 0 atom stereocenters. The maximum atomic E-state index is 11.8. The molecule has 0 bridgehead atoms. The Kier molecular flexibility index (Phi) is 7.81. The minimum atomic E-state index is -0.141. The van der Waals surface area contributed by atoms with Crippen LogP contribution in [0.25, 0.3) is 17.0 Å². The number of hydrogen-bond donors (Lipinski definition) is 1. The second-order valence-electron chi connectivity index (χ2n) is 7.70. The Bertz CT molecular complexity index is 1190. The summed E-state index contributed by atoms with van der Waals surface area (Å²) in [4.78, 5) is 15.3. The number of pyridine rings is 1. The number of allylic oxidation sites excluding steroid dienone is 2. The normalized spacial score (nSPS) is 14.4. The first kappa shape index (κ1) is 23.1. The van der Waals surface area contributed by atoms with E-state index in [1.165, 1.54) is 10.6 Å². The number of fused-ring (bicyclic) bond motifs is 2. The van der Waals surface area contributed by atoms with Crippen LogP contribution in [0.1, 0.15) is 25.3 Å². The number of benzene rings is 2. The van der Waals surface area contributed by atoms with Gasteiger partial charge >= 0.3 is 5.97 Å². The van der Waals surface area contributed by atoms with Crippen LogP contribution in [-0.4, -0.2) is 30.8 Å². The molecule has 1 aliphatic heterocycles. The van der Waals surface area contributed by atoms with E-state index in [0.717, 1.165) is 34.5 Å². The van der Waals surface area contributed by atoms with Crippen LogP contribution in [-0.2, 0) is 16.1 Å². The Morgan fingerprint density at radius 3 is 2.82 bits per heavy atom. The molecule has 0 unspecified atom stereocenters. The van der Waals surface area contributed by atoms with Crippen molar-refractivity contribution in [2.45, 2.75) is 31.2 Å². The fourth-order valence-corrected chi connectivity index (χ4v) is 5.11. The first-order chi connectivity index (χ1) is 16.2. The third-order valence-electron chi connectivity index (χ3n) is 5.52. The molecule has 6 heteroatoms. The van der Waals surface area contributed by atoms with Gasteiger partial charge in [-0.05, 0) is 43.2 Å². The summed E-state index contributed by atoms with van der Waals surface area (Å²) < 4.78 is 7.14. The minimum absolute atomic E-state index is 0.111. The summed E-state index contributed by atoms with van der Waals surface area (Å²) in [5.41, 5.74) is 3.41. The van der Waals surface area contributed by atoms with Crippen LogP contribution in [0.2, 0.25) is 0 Å². The summed E-state index contributed by atoms with van der Waals surface area (Å²) in [6, 6.07) is 18.7. The van der Waals surface area contributed by atoms with E-state index in [1.54, 1.807) is 11.8 Å². The van der Waals surface area contributed by atoms with Crippen molar-refractivity contribution in [1.29, 1.82) is 0 Å². The molecule has 2 heterocycles. The predicted octanol–water partition coefficient (Wildman–Crippen LogP) is 4.93. The number of aromatic nitrogens is 1. The monoisotopic (exact) mass is 461 g/mol. The predicted molar refractivity (Wildman–Crippen MR) is 134 cm³/mol. The van der Waals surface area contributed by atoms with E-state index in [2.05, 4.69) is 64.1 Å². The number of rotatable bonds is 9. The molecule has 0 saturated heterocycles. The molecule has 5 nitrogen and oxygen atoms in total. The standard InChI is InChI=1S/C27H29N2O3S/c1-2-32-27(31)15-8-17-29-24-12-5-6-13-25(24)33-26(29)14-7-9-21-16-18-28(19-20-30)23-11-4-3-10-22(21)23/h3-7,9-14,16,18,30H,2,8,15,17,19-20H2,1H3/q+1. The van der Waals surface area contributed by atoms with E-state index < -0.39 is 0 Å². The highest BCUT2D eigenvalue weighted by atomic mass is 32.2. The molecule has 1 aromatic heterocycles. The summed E-state index contributed by atoms with van der Waals surface area (Å²) in [6.45, 7) is 3.70. The second kappa shape index (κ2) is 11.2. The van der Waals surface area contributed by atoms with Gasteiger partial charge in [0.2, 0.25) is 5.52 Å². The van der Waals surface area contributed by atoms with Gasteiger partial charge in [0.25, 0.3) is 0 Å². The quantitative estimate of drug-likeness (QED) is 0.362. The highest BCUT2D eigenvalue weighted by Gasteiger charge is 2.24. The van der Waals surface area contributed by atoms with Crippen LogP contribution in [0, 0.1) is 0 Å². The first-order valence-electron chi connectivity index (χ1n) is 11.3. The van der Waals surface area contributed by atoms with Gasteiger partial charge in [-0.2, -0.15) is 4.57 Å². The molecule has 33 heavy (non-hydrogen) atoms. The summed E-state index contributed by atoms with van der Waals surface area (Å²) in [6.07, 6.45) is 9.53. The van der Waals surface area contributed by atoms with Crippen molar-refractivity contribution in [1.82, 2.24) is 0 Å². The number of nitrogens with zero attached hydrogens (tertiary/aromatic N) is 2. The van der Waals surface area contributed by atoms with Crippen LogP contribution in [0.4, 0.5) is 5.69 Å². The highest BCUT2D eigenvalue weighted by Crippen LogP contribution is 2.45. The van der Waals surface area contributed by atoms with Crippen molar-refractivity contribution in [2.24, 2.45) is 0 Å². The molecule has 0 fully saturated rings. The number of hydrogen-bond acceptors (Lipinski definition) is 5. The molecule has 3 aromatic rings. The van der Waals surface area contributed by atoms with Crippen LogP contribution in [0.15, 0.2) is 82.9 Å². The highest BCUT2D eigenvalue weighted by molar-refractivity contribution is 8.03. The number of carbonyl (C=O) groups excluding carboxylic acids is 1. The molecule has 0 saturated carbocycles. The molecule has 2 aromatic carbocycles. The molecular formula is C27H29N2O3S+. The van der Waals surface area contributed by atoms with Crippen molar-refractivity contribution in [2.75, 3.05) is 24.7 Å². The molecular weight excluding hydrogens is 432 g/mol. The number of ether oxygens (including phenoxy) is 1. The maximum Gasteiger partial charge on any atom is 0.305 e. The van der Waals surface area contributed by atoms with Crippen molar-refractivity contribution in [3.05, 3.63) is 83.5 Å². The van der Waals surface area contributed by atoms with Gasteiger partial charge < -0.3 is 14.7 Å². The zero-order chi connectivity index (χ0) is 23.0. The van der Waals surface area contributed by atoms with E-state index in [-0.39, 0.29) is 12.6 Å². The third kappa shape index (κ3) is 5.46. The van der Waals surface area contributed by atoms with Gasteiger partial charge in [0.05, 0.1) is 22.7 Å². The Hall–Kier alpha value is -3.09. The van der Waals surface area contributed by atoms with Gasteiger partial charge in [0.15, 0.2) is 12.7 Å². The average Bonchev–Trinajstić information content (AvgIpc) is 3.18. The van der Waals surface area contributed by atoms with E-state index >= 15 is 0 Å². The number of carbonyl (C=O) groups is 1. The summed E-state index contributed by atoms with van der Waals surface area (Å²) in [5, 5.41) is 11.6. The Balaban J connectivity index is 1.55. The average molecular weight is 462 g/mol. The lowest BCUT2D eigenvalue weighted by Crippen LogP contribution is -2.36. The van der Waals surface area contributed by atoms with Gasteiger partial charge in [-0.15, -0.1) is 0 Å². The number of aliphatic hydroxyl groups is 1. The van der Waals surface area contributed by atoms with Crippen LogP contribution < -0.4 is 9.47 Å². The van der Waals surface area contributed by atoms with E-state index in [4.69, 9.17) is 4.74 Å². The van der Waals surface area contributed by atoms with Crippen molar-refractivity contribution in [3.8, 4) is 0 Å². The van der Waals surface area contributed by atoms with Gasteiger partial charge in [-0.25, -0.2) is 0 Å². The number of aliphatic hydroxyl groups excluding tert-OH is 1. The van der Waals surface area contributed by atoms with E-state index in [0.29, 0.717) is 19.6 Å². The van der Waals surface area contributed by atoms with Crippen molar-refractivity contribution >= 4 is 40.4 Å². The molecule has 4 rings (SSSR count). The molecule has 170 valence electrons. The largest absolute Gasteiger partial charge is 0.466 e. The van der Waals surface area contributed by atoms with Crippen LogP contribution in [0.5, 0.6) is 0 Å². The number of anilines is 1. The van der Waals surface area contributed by atoms with E-state index in [1.807, 2.05) is 31.3 Å². The smallest absolute Gasteiger partial charge is 0.305 e. The number of para-hydroxylation sites is 2. The third-order valence-corrected chi connectivity index (χ3v) is 6.65. The molecule has 0 aliphatic carbocycles. The zero-order valence-electron chi connectivity index (χ0n) is 18.8. The molecule has 0 amide bonds. The lowest BCUT2D eigenvalue weighted by Gasteiger charge is -2.20. The van der Waals surface area contributed by atoms with Crippen molar-refractivity contribution < 1.29 is 19.2 Å². The van der Waals surface area contributed by atoms with Gasteiger partial charge in [0.1, 0.15) is 6.61 Å². The summed E-state index contributed by atoms with van der Waals surface area (Å²) >= 11 is 1.75. The van der Waals surface area contributed by atoms with Gasteiger partial charge in [-0.1, -0.05) is 48.2 Å². The van der Waals surface area contributed by atoms with Crippen LogP contribution >= 0.6 is 11.8 Å². The SMILES string of the molecule is CCOC(=O)CCCN1/C(=C/C=C/c2cc[n+](CCO)c3ccccc23)Sc2ccccc21. The Labute approximate surface area is 199 Å². The summed E-state index contributed by atoms with van der Waals surface area (Å²) in [5.74, 6) is -0.141.